The summed E-state index contributed by atoms with van der Waals surface area (Å²) in [7, 11) is 0. The van der Waals surface area contributed by atoms with Gasteiger partial charge < -0.3 is 5.11 Å². The Hall–Kier alpha value is -2.36. The smallest absolute Gasteiger partial charge is 0.115 e. The van der Waals surface area contributed by atoms with Crippen LogP contribution in [-0.2, 0) is 6.54 Å². The van der Waals surface area contributed by atoms with E-state index in [-0.39, 0.29) is 5.75 Å². The highest BCUT2D eigenvalue weighted by Gasteiger charge is 2.02. The second kappa shape index (κ2) is 3.90. The van der Waals surface area contributed by atoms with Gasteiger partial charge in [0.2, 0.25) is 0 Å². The summed E-state index contributed by atoms with van der Waals surface area (Å²) in [5.74, 6) is 0.271. The first kappa shape index (κ1) is 9.84. The van der Waals surface area contributed by atoms with Crippen LogP contribution in [0.3, 0.4) is 0 Å². The van der Waals surface area contributed by atoms with Crippen LogP contribution in [0, 0.1) is 0 Å². The van der Waals surface area contributed by atoms with Gasteiger partial charge in [0.05, 0.1) is 6.54 Å². The first-order valence-corrected chi connectivity index (χ1v) is 5.39. The van der Waals surface area contributed by atoms with Crippen molar-refractivity contribution in [3.05, 3.63) is 54.1 Å². The lowest BCUT2D eigenvalue weighted by atomic mass is 10.2. The molecule has 0 saturated heterocycles. The highest BCUT2D eigenvalue weighted by Crippen LogP contribution is 2.12. The summed E-state index contributed by atoms with van der Waals surface area (Å²) < 4.78 is 0. The molecule has 0 atom stereocenters. The van der Waals surface area contributed by atoms with Gasteiger partial charge in [-0.1, -0.05) is 24.3 Å². The highest BCUT2D eigenvalue weighted by molar-refractivity contribution is 5.72. The molecule has 84 valence electrons. The fraction of sp³-hybridized carbons (Fsp3) is 0.0769. The number of benzene rings is 2. The van der Waals surface area contributed by atoms with Crippen LogP contribution in [-0.4, -0.2) is 20.1 Å². The Balaban J connectivity index is 1.92. The van der Waals surface area contributed by atoms with Crippen molar-refractivity contribution >= 4 is 11.0 Å². The minimum atomic E-state index is 0.271. The number of hydrogen-bond donors (Lipinski definition) is 1. The summed E-state index contributed by atoms with van der Waals surface area (Å²) in [6.07, 6.45) is 0. The largest absolute Gasteiger partial charge is 0.508 e. The molecule has 0 radical (unpaired) electrons. The lowest BCUT2D eigenvalue weighted by Gasteiger charge is -1.99. The molecule has 1 N–H and O–H groups in total. The average molecular weight is 225 g/mol. The molecule has 0 aliphatic rings. The number of fused-ring (bicyclic) bond motifs is 1. The van der Waals surface area contributed by atoms with Gasteiger partial charge in [0.1, 0.15) is 16.8 Å². The fourth-order valence-corrected chi connectivity index (χ4v) is 1.74. The molecule has 0 amide bonds. The Bertz CT molecular complexity index is 610. The number of hydrogen-bond acceptors (Lipinski definition) is 3. The number of rotatable bonds is 2. The first-order valence-electron chi connectivity index (χ1n) is 5.39. The van der Waals surface area contributed by atoms with E-state index in [0.717, 1.165) is 16.6 Å². The van der Waals surface area contributed by atoms with E-state index in [0.29, 0.717) is 6.54 Å². The highest BCUT2D eigenvalue weighted by atomic mass is 16.3. The molecule has 3 rings (SSSR count). The summed E-state index contributed by atoms with van der Waals surface area (Å²) in [5, 5.41) is 17.9. The van der Waals surface area contributed by atoms with Crippen molar-refractivity contribution in [3.8, 4) is 5.75 Å². The van der Waals surface area contributed by atoms with Gasteiger partial charge in [-0.2, -0.15) is 15.0 Å². The van der Waals surface area contributed by atoms with Crippen molar-refractivity contribution in [1.82, 2.24) is 15.0 Å². The van der Waals surface area contributed by atoms with Crippen molar-refractivity contribution in [2.75, 3.05) is 0 Å². The molecule has 2 aromatic carbocycles. The summed E-state index contributed by atoms with van der Waals surface area (Å²) in [4.78, 5) is 1.66. The number of aromatic hydroxyl groups is 1. The maximum absolute atomic E-state index is 9.20. The van der Waals surface area contributed by atoms with Gasteiger partial charge >= 0.3 is 0 Å². The number of nitrogens with zero attached hydrogens (tertiary/aromatic N) is 3. The second-order valence-electron chi connectivity index (χ2n) is 3.89. The van der Waals surface area contributed by atoms with Crippen molar-refractivity contribution in [3.63, 3.8) is 0 Å². The van der Waals surface area contributed by atoms with Crippen LogP contribution in [0.15, 0.2) is 48.5 Å². The van der Waals surface area contributed by atoms with Gasteiger partial charge in [0, 0.05) is 0 Å². The molecule has 1 aromatic heterocycles. The summed E-state index contributed by atoms with van der Waals surface area (Å²) in [5.41, 5.74) is 2.85. The van der Waals surface area contributed by atoms with Crippen LogP contribution in [0.1, 0.15) is 5.56 Å². The maximum atomic E-state index is 9.20. The standard InChI is InChI=1S/C13H11N3O/c17-11-7-5-10(6-8-11)9-16-14-12-3-1-2-4-13(12)15-16/h1-8,17H,9H2. The topological polar surface area (TPSA) is 50.9 Å². The van der Waals surface area contributed by atoms with Gasteiger partial charge in [-0.05, 0) is 29.8 Å². The molecule has 4 nitrogen and oxygen atoms in total. The molecule has 0 spiro atoms. The predicted octanol–water partition coefficient (Wildman–Crippen LogP) is 2.19. The van der Waals surface area contributed by atoms with Crippen LogP contribution in [0.2, 0.25) is 0 Å². The lowest BCUT2D eigenvalue weighted by Crippen LogP contribution is -2.03. The Morgan fingerprint density at radius 3 is 2.06 bits per heavy atom. The first-order chi connectivity index (χ1) is 8.31. The molecule has 0 bridgehead atoms. The van der Waals surface area contributed by atoms with Crippen LogP contribution in [0.5, 0.6) is 5.75 Å². The molecule has 3 aromatic rings. The monoisotopic (exact) mass is 225 g/mol. The fourth-order valence-electron chi connectivity index (χ4n) is 1.74. The van der Waals surface area contributed by atoms with E-state index >= 15 is 0 Å². The van der Waals surface area contributed by atoms with Gasteiger partial charge in [-0.15, -0.1) is 0 Å². The molecular formula is C13H11N3O. The Morgan fingerprint density at radius 2 is 1.47 bits per heavy atom. The zero-order chi connectivity index (χ0) is 11.7. The Morgan fingerprint density at radius 1 is 0.882 bits per heavy atom. The normalized spacial score (nSPS) is 10.8. The molecule has 0 aliphatic heterocycles. The predicted molar refractivity (Wildman–Crippen MR) is 64.7 cm³/mol. The van der Waals surface area contributed by atoms with Crippen molar-refractivity contribution in [1.29, 1.82) is 0 Å². The van der Waals surface area contributed by atoms with E-state index in [4.69, 9.17) is 0 Å². The minimum Gasteiger partial charge on any atom is -0.508 e. The van der Waals surface area contributed by atoms with E-state index in [2.05, 4.69) is 10.2 Å². The van der Waals surface area contributed by atoms with Crippen molar-refractivity contribution < 1.29 is 5.11 Å². The molecule has 0 saturated carbocycles. The quantitative estimate of drug-likeness (QED) is 0.727. The van der Waals surface area contributed by atoms with Crippen LogP contribution in [0.4, 0.5) is 0 Å². The Kier molecular flexibility index (Phi) is 2.26. The van der Waals surface area contributed by atoms with E-state index < -0.39 is 0 Å². The molecule has 0 fully saturated rings. The van der Waals surface area contributed by atoms with Crippen LogP contribution < -0.4 is 0 Å². The minimum absolute atomic E-state index is 0.271. The average Bonchev–Trinajstić information content (AvgIpc) is 2.74. The van der Waals surface area contributed by atoms with Crippen molar-refractivity contribution in [2.24, 2.45) is 0 Å². The zero-order valence-electron chi connectivity index (χ0n) is 9.11. The van der Waals surface area contributed by atoms with E-state index in [1.807, 2.05) is 36.4 Å². The molecule has 17 heavy (non-hydrogen) atoms. The third kappa shape index (κ3) is 1.97. The van der Waals surface area contributed by atoms with Gasteiger partial charge in [0.15, 0.2) is 0 Å². The summed E-state index contributed by atoms with van der Waals surface area (Å²) in [6, 6.07) is 14.8. The third-order valence-corrected chi connectivity index (χ3v) is 2.59. The van der Waals surface area contributed by atoms with Crippen LogP contribution >= 0.6 is 0 Å². The summed E-state index contributed by atoms with van der Waals surface area (Å²) >= 11 is 0. The molecule has 1 heterocycles. The molecular weight excluding hydrogens is 214 g/mol. The number of phenols is 1. The lowest BCUT2D eigenvalue weighted by molar-refractivity contribution is 0.474. The molecule has 0 unspecified atom stereocenters. The van der Waals surface area contributed by atoms with Crippen LogP contribution in [0.25, 0.3) is 11.0 Å². The van der Waals surface area contributed by atoms with Gasteiger partial charge in [-0.3, -0.25) is 0 Å². The third-order valence-electron chi connectivity index (χ3n) is 2.59. The van der Waals surface area contributed by atoms with E-state index in [1.54, 1.807) is 16.9 Å². The molecule has 0 aliphatic carbocycles. The molecule has 4 heteroatoms. The second-order valence-corrected chi connectivity index (χ2v) is 3.89. The summed E-state index contributed by atoms with van der Waals surface area (Å²) in [6.45, 7) is 0.606. The van der Waals surface area contributed by atoms with Gasteiger partial charge in [0.25, 0.3) is 0 Å². The maximum Gasteiger partial charge on any atom is 0.115 e. The number of aromatic nitrogens is 3. The van der Waals surface area contributed by atoms with Gasteiger partial charge in [-0.25, -0.2) is 0 Å². The van der Waals surface area contributed by atoms with E-state index in [1.165, 1.54) is 0 Å². The Labute approximate surface area is 98.1 Å². The van der Waals surface area contributed by atoms with Crippen molar-refractivity contribution in [2.45, 2.75) is 6.54 Å². The number of phenolic OH excluding ortho intramolecular Hbond substituents is 1. The SMILES string of the molecule is Oc1ccc(Cn2nc3ccccc3n2)cc1. The van der Waals surface area contributed by atoms with E-state index in [9.17, 15) is 5.11 Å². The zero-order valence-corrected chi connectivity index (χ0v) is 9.11.